The van der Waals surface area contributed by atoms with Gasteiger partial charge in [0.05, 0.1) is 29.7 Å². The molecule has 0 atom stereocenters. The smallest absolute Gasteiger partial charge is 0.258 e. The number of hydrogen-bond acceptors (Lipinski definition) is 6. The zero-order valence-electron chi connectivity index (χ0n) is 18.1. The standard InChI is InChI=1S/C24H23N3O4S/c1-4-31-23-13-17(8-9-19(23)16-32(3,29)30)24(28)27(2)20-11-10-18(15-25)21(14-20)22-7-5-6-12-26-22/h5-14H,4,16H2,1-3H3. The Balaban J connectivity index is 1.96. The number of pyridine rings is 1. The van der Waals surface area contributed by atoms with Crippen molar-refractivity contribution >= 4 is 21.4 Å². The molecule has 1 heterocycles. The van der Waals surface area contributed by atoms with Crippen LogP contribution >= 0.6 is 0 Å². The number of carbonyl (C=O) groups excluding carboxylic acids is 1. The Hall–Kier alpha value is -3.70. The number of anilines is 1. The third-order valence-corrected chi connectivity index (χ3v) is 5.62. The summed E-state index contributed by atoms with van der Waals surface area (Å²) in [7, 11) is -1.62. The fourth-order valence-electron chi connectivity index (χ4n) is 3.26. The van der Waals surface area contributed by atoms with Gasteiger partial charge in [0.2, 0.25) is 0 Å². The lowest BCUT2D eigenvalue weighted by Gasteiger charge is -2.20. The van der Waals surface area contributed by atoms with Crippen molar-refractivity contribution in [1.29, 1.82) is 5.26 Å². The molecule has 7 nitrogen and oxygen atoms in total. The van der Waals surface area contributed by atoms with E-state index in [9.17, 15) is 18.5 Å². The second kappa shape index (κ2) is 9.62. The number of sulfone groups is 1. The van der Waals surface area contributed by atoms with E-state index in [0.29, 0.717) is 46.0 Å². The molecular weight excluding hydrogens is 426 g/mol. The highest BCUT2D eigenvalue weighted by molar-refractivity contribution is 7.89. The summed E-state index contributed by atoms with van der Waals surface area (Å²) in [5.74, 6) is -0.102. The predicted molar refractivity (Wildman–Crippen MR) is 123 cm³/mol. The summed E-state index contributed by atoms with van der Waals surface area (Å²) in [6.07, 6.45) is 2.80. The topological polar surface area (TPSA) is 100 Å². The number of aromatic nitrogens is 1. The van der Waals surface area contributed by atoms with Crippen LogP contribution in [-0.2, 0) is 15.6 Å². The normalized spacial score (nSPS) is 10.9. The van der Waals surface area contributed by atoms with Crippen LogP contribution in [0, 0.1) is 11.3 Å². The monoisotopic (exact) mass is 449 g/mol. The van der Waals surface area contributed by atoms with Crippen molar-refractivity contribution in [1.82, 2.24) is 4.98 Å². The lowest BCUT2D eigenvalue weighted by atomic mass is 10.0. The van der Waals surface area contributed by atoms with Crippen molar-refractivity contribution in [2.75, 3.05) is 24.8 Å². The zero-order valence-corrected chi connectivity index (χ0v) is 18.9. The first-order chi connectivity index (χ1) is 15.2. The maximum absolute atomic E-state index is 13.2. The molecule has 0 saturated carbocycles. The fraction of sp³-hybridized carbons (Fsp3) is 0.208. The van der Waals surface area contributed by atoms with E-state index < -0.39 is 9.84 Å². The third-order valence-electron chi connectivity index (χ3n) is 4.79. The van der Waals surface area contributed by atoms with Crippen molar-refractivity contribution in [2.45, 2.75) is 12.7 Å². The minimum Gasteiger partial charge on any atom is -0.494 e. The molecule has 1 amide bonds. The van der Waals surface area contributed by atoms with Gasteiger partial charge in [0.1, 0.15) is 5.75 Å². The molecule has 0 aliphatic carbocycles. The third kappa shape index (κ3) is 5.31. The Morgan fingerprint density at radius 1 is 1.16 bits per heavy atom. The molecule has 1 aromatic heterocycles. The molecule has 0 fully saturated rings. The molecule has 2 aromatic carbocycles. The SMILES string of the molecule is CCOc1cc(C(=O)N(C)c2ccc(C#N)c(-c3ccccn3)c2)ccc1CS(C)(=O)=O. The van der Waals surface area contributed by atoms with Crippen LogP contribution in [0.4, 0.5) is 5.69 Å². The predicted octanol–water partition coefficient (Wildman–Crippen LogP) is 3.84. The Morgan fingerprint density at radius 2 is 1.94 bits per heavy atom. The fourth-order valence-corrected chi connectivity index (χ4v) is 4.07. The van der Waals surface area contributed by atoms with Crippen LogP contribution < -0.4 is 9.64 Å². The van der Waals surface area contributed by atoms with Crippen molar-refractivity contribution in [3.8, 4) is 23.1 Å². The minimum atomic E-state index is -3.26. The maximum atomic E-state index is 13.2. The molecule has 3 aromatic rings. The molecule has 8 heteroatoms. The van der Waals surface area contributed by atoms with Crippen LogP contribution in [0.15, 0.2) is 60.8 Å². The van der Waals surface area contributed by atoms with Gasteiger partial charge >= 0.3 is 0 Å². The average molecular weight is 450 g/mol. The van der Waals surface area contributed by atoms with Crippen LogP contribution in [0.3, 0.4) is 0 Å². The van der Waals surface area contributed by atoms with Crippen LogP contribution in [0.5, 0.6) is 5.75 Å². The highest BCUT2D eigenvalue weighted by Crippen LogP contribution is 2.29. The quantitative estimate of drug-likeness (QED) is 0.543. The molecule has 0 N–H and O–H groups in total. The van der Waals surface area contributed by atoms with E-state index in [0.717, 1.165) is 6.26 Å². The molecule has 32 heavy (non-hydrogen) atoms. The summed E-state index contributed by atoms with van der Waals surface area (Å²) in [6, 6.07) is 17.4. The lowest BCUT2D eigenvalue weighted by molar-refractivity contribution is 0.0992. The van der Waals surface area contributed by atoms with Crippen molar-refractivity contribution in [3.05, 3.63) is 77.5 Å². The van der Waals surface area contributed by atoms with Crippen molar-refractivity contribution in [2.24, 2.45) is 0 Å². The Labute approximate surface area is 187 Å². The summed E-state index contributed by atoms with van der Waals surface area (Å²) in [6.45, 7) is 2.13. The van der Waals surface area contributed by atoms with Gasteiger partial charge in [-0.3, -0.25) is 9.78 Å². The van der Waals surface area contributed by atoms with Gasteiger partial charge in [-0.1, -0.05) is 12.1 Å². The van der Waals surface area contributed by atoms with Crippen LogP contribution in [0.25, 0.3) is 11.3 Å². The molecular formula is C24H23N3O4S. The van der Waals surface area contributed by atoms with Gasteiger partial charge in [0, 0.05) is 41.9 Å². The molecule has 164 valence electrons. The van der Waals surface area contributed by atoms with Gasteiger partial charge in [0.15, 0.2) is 9.84 Å². The number of benzene rings is 2. The van der Waals surface area contributed by atoms with Gasteiger partial charge in [-0.05, 0) is 49.4 Å². The summed E-state index contributed by atoms with van der Waals surface area (Å²) in [4.78, 5) is 19.0. The van der Waals surface area contributed by atoms with E-state index in [1.165, 1.54) is 4.90 Å². The molecule has 0 unspecified atom stereocenters. The van der Waals surface area contributed by atoms with Gasteiger partial charge in [-0.15, -0.1) is 0 Å². The Bertz CT molecular complexity index is 1280. The number of ether oxygens (including phenoxy) is 1. The van der Waals surface area contributed by atoms with Crippen LogP contribution in [0.2, 0.25) is 0 Å². The van der Waals surface area contributed by atoms with E-state index in [4.69, 9.17) is 4.74 Å². The average Bonchev–Trinajstić information content (AvgIpc) is 2.78. The first-order valence-corrected chi connectivity index (χ1v) is 12.0. The largest absolute Gasteiger partial charge is 0.494 e. The number of hydrogen-bond donors (Lipinski definition) is 0. The first kappa shape index (κ1) is 23.0. The maximum Gasteiger partial charge on any atom is 0.258 e. The first-order valence-electron chi connectivity index (χ1n) is 9.90. The van der Waals surface area contributed by atoms with E-state index in [1.807, 2.05) is 6.07 Å². The summed E-state index contributed by atoms with van der Waals surface area (Å²) >= 11 is 0. The number of carbonyl (C=O) groups is 1. The van der Waals surface area contributed by atoms with Gasteiger partial charge in [0.25, 0.3) is 5.91 Å². The van der Waals surface area contributed by atoms with Crippen LogP contribution in [-0.4, -0.2) is 39.2 Å². The molecule has 0 bridgehead atoms. The second-order valence-corrected chi connectivity index (χ2v) is 9.39. The molecule has 0 spiro atoms. The second-order valence-electron chi connectivity index (χ2n) is 7.25. The van der Waals surface area contributed by atoms with Crippen molar-refractivity contribution < 1.29 is 17.9 Å². The molecule has 0 aliphatic heterocycles. The highest BCUT2D eigenvalue weighted by Gasteiger charge is 2.19. The number of amides is 1. The minimum absolute atomic E-state index is 0.171. The van der Waals surface area contributed by atoms with E-state index >= 15 is 0 Å². The molecule has 0 saturated heterocycles. The van der Waals surface area contributed by atoms with Crippen molar-refractivity contribution in [3.63, 3.8) is 0 Å². The highest BCUT2D eigenvalue weighted by atomic mass is 32.2. The zero-order chi connectivity index (χ0) is 23.3. The lowest BCUT2D eigenvalue weighted by Crippen LogP contribution is -2.26. The van der Waals surface area contributed by atoms with E-state index in [-0.39, 0.29) is 11.7 Å². The number of nitriles is 1. The van der Waals surface area contributed by atoms with E-state index in [1.54, 1.807) is 68.7 Å². The van der Waals surface area contributed by atoms with E-state index in [2.05, 4.69) is 11.1 Å². The number of rotatable bonds is 7. The molecule has 0 radical (unpaired) electrons. The summed E-state index contributed by atoms with van der Waals surface area (Å²) in [5, 5.41) is 9.47. The Morgan fingerprint density at radius 3 is 2.56 bits per heavy atom. The Kier molecular flexibility index (Phi) is 6.91. The number of nitrogens with zero attached hydrogens (tertiary/aromatic N) is 3. The molecule has 0 aliphatic rings. The van der Waals surface area contributed by atoms with Gasteiger partial charge in [-0.2, -0.15) is 5.26 Å². The van der Waals surface area contributed by atoms with Crippen LogP contribution in [0.1, 0.15) is 28.4 Å². The summed E-state index contributed by atoms with van der Waals surface area (Å²) in [5.41, 5.74) is 3.17. The van der Waals surface area contributed by atoms with Gasteiger partial charge in [-0.25, -0.2) is 8.42 Å². The summed E-state index contributed by atoms with van der Waals surface area (Å²) < 4.78 is 29.0. The molecule has 3 rings (SSSR count). The van der Waals surface area contributed by atoms with Gasteiger partial charge < -0.3 is 9.64 Å².